The summed E-state index contributed by atoms with van der Waals surface area (Å²) in [5.41, 5.74) is 1.05. The fourth-order valence-electron chi connectivity index (χ4n) is 1.45. The van der Waals surface area contributed by atoms with Gasteiger partial charge in [-0.25, -0.2) is 4.98 Å². The molecule has 0 aliphatic rings. The molecule has 1 aromatic rings. The number of carbonyl (C=O) groups excluding carboxylic acids is 1. The van der Waals surface area contributed by atoms with E-state index in [1.54, 1.807) is 26.1 Å². The van der Waals surface area contributed by atoms with E-state index in [1.807, 2.05) is 0 Å². The minimum absolute atomic E-state index is 0.00513. The first kappa shape index (κ1) is 16.2. The summed E-state index contributed by atoms with van der Waals surface area (Å²) < 4.78 is 39.8. The second kappa shape index (κ2) is 7.09. The molecule has 0 unspecified atom stereocenters. The van der Waals surface area contributed by atoms with E-state index in [1.165, 1.54) is 0 Å². The summed E-state index contributed by atoms with van der Waals surface area (Å²) in [6, 6.07) is 3.14. The van der Waals surface area contributed by atoms with Gasteiger partial charge in [0, 0.05) is 24.8 Å². The van der Waals surface area contributed by atoms with Crippen LogP contribution in [0.15, 0.2) is 12.1 Å². The number of nitrogens with one attached hydrogen (secondary N) is 2. The number of ether oxygens (including phenoxy) is 1. The predicted octanol–water partition coefficient (Wildman–Crippen LogP) is 1.74. The minimum Gasteiger partial charge on any atom is -0.373 e. The van der Waals surface area contributed by atoms with Crippen molar-refractivity contribution in [3.8, 4) is 0 Å². The van der Waals surface area contributed by atoms with Crippen LogP contribution in [-0.4, -0.2) is 43.9 Å². The molecule has 1 rings (SSSR count). The van der Waals surface area contributed by atoms with E-state index in [0.717, 1.165) is 0 Å². The van der Waals surface area contributed by atoms with Gasteiger partial charge in [-0.1, -0.05) is 0 Å². The van der Waals surface area contributed by atoms with Crippen LogP contribution in [0.2, 0.25) is 0 Å². The smallest absolute Gasteiger partial charge is 0.373 e. The van der Waals surface area contributed by atoms with Gasteiger partial charge in [0.05, 0.1) is 6.61 Å². The van der Waals surface area contributed by atoms with Crippen molar-refractivity contribution in [3.05, 3.63) is 23.4 Å². The Hall–Kier alpha value is -1.83. The number of aromatic nitrogens is 1. The Morgan fingerprint density at radius 2 is 2.10 bits per heavy atom. The molecule has 1 aromatic heterocycles. The van der Waals surface area contributed by atoms with E-state index in [-0.39, 0.29) is 19.1 Å². The SMILES string of the molecule is CNc1cc(C(=O)NCCOCC(F)(F)F)cc(C)n1. The lowest BCUT2D eigenvalue weighted by Crippen LogP contribution is -2.29. The highest BCUT2D eigenvalue weighted by molar-refractivity contribution is 5.94. The van der Waals surface area contributed by atoms with Crippen molar-refractivity contribution in [2.75, 3.05) is 32.1 Å². The molecule has 0 aliphatic carbocycles. The fourth-order valence-corrected chi connectivity index (χ4v) is 1.45. The van der Waals surface area contributed by atoms with E-state index in [9.17, 15) is 18.0 Å². The van der Waals surface area contributed by atoms with Crippen molar-refractivity contribution < 1.29 is 22.7 Å². The Balaban J connectivity index is 2.41. The van der Waals surface area contributed by atoms with E-state index in [4.69, 9.17) is 0 Å². The van der Waals surface area contributed by atoms with E-state index >= 15 is 0 Å². The van der Waals surface area contributed by atoms with Gasteiger partial charge in [0.2, 0.25) is 0 Å². The zero-order chi connectivity index (χ0) is 15.2. The van der Waals surface area contributed by atoms with E-state index in [2.05, 4.69) is 20.4 Å². The maximum atomic E-state index is 11.8. The lowest BCUT2D eigenvalue weighted by atomic mass is 10.2. The third-order valence-corrected chi connectivity index (χ3v) is 2.27. The van der Waals surface area contributed by atoms with E-state index in [0.29, 0.717) is 17.1 Å². The summed E-state index contributed by atoms with van der Waals surface area (Å²) >= 11 is 0. The van der Waals surface area contributed by atoms with Crippen molar-refractivity contribution in [1.29, 1.82) is 0 Å². The monoisotopic (exact) mass is 291 g/mol. The van der Waals surface area contributed by atoms with Gasteiger partial charge in [0.15, 0.2) is 0 Å². The molecule has 8 heteroatoms. The average molecular weight is 291 g/mol. The van der Waals surface area contributed by atoms with Crippen LogP contribution in [0.3, 0.4) is 0 Å². The van der Waals surface area contributed by atoms with Gasteiger partial charge in [0.1, 0.15) is 12.4 Å². The lowest BCUT2D eigenvalue weighted by molar-refractivity contribution is -0.173. The molecule has 0 aliphatic heterocycles. The highest BCUT2D eigenvalue weighted by atomic mass is 19.4. The number of hydrogen-bond acceptors (Lipinski definition) is 4. The first-order valence-corrected chi connectivity index (χ1v) is 5.91. The summed E-state index contributed by atoms with van der Waals surface area (Å²) in [4.78, 5) is 15.9. The van der Waals surface area contributed by atoms with Gasteiger partial charge in [-0.05, 0) is 19.1 Å². The molecule has 0 bridgehead atoms. The first-order chi connectivity index (χ1) is 9.31. The summed E-state index contributed by atoms with van der Waals surface area (Å²) in [5.74, 6) is 0.158. The van der Waals surface area contributed by atoms with Gasteiger partial charge < -0.3 is 15.4 Å². The summed E-state index contributed by atoms with van der Waals surface area (Å²) in [5, 5.41) is 5.29. The van der Waals surface area contributed by atoms with Gasteiger partial charge in [-0.15, -0.1) is 0 Å². The number of hydrogen-bond donors (Lipinski definition) is 2. The molecule has 0 saturated heterocycles. The van der Waals surface area contributed by atoms with Crippen LogP contribution in [0, 0.1) is 6.92 Å². The van der Waals surface area contributed by atoms with Crippen LogP contribution in [0.1, 0.15) is 16.1 Å². The van der Waals surface area contributed by atoms with Crippen LogP contribution in [0.25, 0.3) is 0 Å². The van der Waals surface area contributed by atoms with Crippen molar-refractivity contribution in [2.45, 2.75) is 13.1 Å². The van der Waals surface area contributed by atoms with Crippen molar-refractivity contribution in [2.24, 2.45) is 0 Å². The molecule has 0 aromatic carbocycles. The van der Waals surface area contributed by atoms with Crippen molar-refractivity contribution >= 4 is 11.7 Å². The Morgan fingerprint density at radius 1 is 1.40 bits per heavy atom. The lowest BCUT2D eigenvalue weighted by Gasteiger charge is -2.09. The third kappa shape index (κ3) is 5.87. The molecular weight excluding hydrogens is 275 g/mol. The molecule has 0 atom stereocenters. The second-order valence-corrected chi connectivity index (χ2v) is 4.06. The minimum atomic E-state index is -4.35. The molecule has 2 N–H and O–H groups in total. The molecule has 0 saturated carbocycles. The zero-order valence-electron chi connectivity index (χ0n) is 11.2. The second-order valence-electron chi connectivity index (χ2n) is 4.06. The molecule has 0 fully saturated rings. The number of carbonyl (C=O) groups is 1. The van der Waals surface area contributed by atoms with Crippen LogP contribution < -0.4 is 10.6 Å². The highest BCUT2D eigenvalue weighted by Crippen LogP contribution is 2.14. The summed E-state index contributed by atoms with van der Waals surface area (Å²) in [7, 11) is 1.68. The molecule has 0 radical (unpaired) electrons. The molecule has 5 nitrogen and oxygen atoms in total. The number of pyridine rings is 1. The normalized spacial score (nSPS) is 11.2. The first-order valence-electron chi connectivity index (χ1n) is 5.91. The molecule has 1 heterocycles. The summed E-state index contributed by atoms with van der Waals surface area (Å²) in [6.07, 6.45) is -4.35. The number of halogens is 3. The number of alkyl halides is 3. The predicted molar refractivity (Wildman–Crippen MR) is 67.7 cm³/mol. The molecular formula is C12H16F3N3O2. The molecule has 0 spiro atoms. The van der Waals surface area contributed by atoms with Gasteiger partial charge in [-0.2, -0.15) is 13.2 Å². The van der Waals surface area contributed by atoms with Crippen LogP contribution in [0.5, 0.6) is 0 Å². The van der Waals surface area contributed by atoms with Crippen molar-refractivity contribution in [1.82, 2.24) is 10.3 Å². The van der Waals surface area contributed by atoms with Crippen LogP contribution in [0.4, 0.5) is 19.0 Å². The number of nitrogens with zero attached hydrogens (tertiary/aromatic N) is 1. The topological polar surface area (TPSA) is 63.2 Å². The van der Waals surface area contributed by atoms with E-state index < -0.39 is 12.8 Å². The van der Waals surface area contributed by atoms with Crippen LogP contribution >= 0.6 is 0 Å². The third-order valence-electron chi connectivity index (χ3n) is 2.27. The highest BCUT2D eigenvalue weighted by Gasteiger charge is 2.27. The fraction of sp³-hybridized carbons (Fsp3) is 0.500. The number of rotatable bonds is 6. The molecule has 112 valence electrons. The van der Waals surface area contributed by atoms with Crippen LogP contribution in [-0.2, 0) is 4.74 Å². The van der Waals surface area contributed by atoms with Gasteiger partial charge in [0.25, 0.3) is 5.91 Å². The Bertz CT molecular complexity index is 464. The maximum absolute atomic E-state index is 11.8. The van der Waals surface area contributed by atoms with Crippen molar-refractivity contribution in [3.63, 3.8) is 0 Å². The average Bonchev–Trinajstić information content (AvgIpc) is 2.36. The number of anilines is 1. The molecule has 20 heavy (non-hydrogen) atoms. The van der Waals surface area contributed by atoms with Gasteiger partial charge >= 0.3 is 6.18 Å². The maximum Gasteiger partial charge on any atom is 0.411 e. The quantitative estimate of drug-likeness (QED) is 0.784. The van der Waals surface area contributed by atoms with Gasteiger partial charge in [-0.3, -0.25) is 4.79 Å². The molecule has 1 amide bonds. The number of aryl methyl sites for hydroxylation is 1. The largest absolute Gasteiger partial charge is 0.411 e. The Labute approximate surface area is 114 Å². The Kier molecular flexibility index (Phi) is 5.75. The Morgan fingerprint density at radius 3 is 2.70 bits per heavy atom. The number of amides is 1. The zero-order valence-corrected chi connectivity index (χ0v) is 11.2. The summed E-state index contributed by atoms with van der Waals surface area (Å²) in [6.45, 7) is 0.227. The standard InChI is InChI=1S/C12H16F3N3O2/c1-8-5-9(6-10(16-2)18-8)11(19)17-3-4-20-7-12(13,14)15/h5-6H,3-4,7H2,1-2H3,(H,16,18)(H,17,19).